The monoisotopic (exact) mass is 530 g/mol. The average molecular weight is 531 g/mol. The molecule has 10 nitrogen and oxygen atoms in total. The summed E-state index contributed by atoms with van der Waals surface area (Å²) in [6, 6.07) is 6.19. The van der Waals surface area contributed by atoms with E-state index in [0.29, 0.717) is 28.7 Å². The standard InChI is InChI=1S/C24H27ClN6O4S/c1-30-7-5-17-20(12-30)36-23(29-17)22(33)28-19-11-31(24(34)35-2)8-6-16(19)27-21(32)18-10-13-9-14(25)3-4-15(13)26-18/h3-4,9-10,16,19,26H,5-8,11-12H2,1-2H3,(H,27,32)(H,28,33)/t16-,19+/m0/s1. The lowest BCUT2D eigenvalue weighted by molar-refractivity contribution is 0.0762. The summed E-state index contributed by atoms with van der Waals surface area (Å²) >= 11 is 7.46. The highest BCUT2D eigenvalue weighted by Crippen LogP contribution is 2.25. The van der Waals surface area contributed by atoms with Gasteiger partial charge in [0.15, 0.2) is 5.01 Å². The third-order valence-electron chi connectivity index (χ3n) is 6.62. The second kappa shape index (κ2) is 10.1. The number of carbonyl (C=O) groups excluding carboxylic acids is 3. The van der Waals surface area contributed by atoms with Gasteiger partial charge in [0.1, 0.15) is 5.69 Å². The first-order valence-corrected chi connectivity index (χ1v) is 12.9. The highest BCUT2D eigenvalue weighted by molar-refractivity contribution is 7.13. The van der Waals surface area contributed by atoms with Gasteiger partial charge in [0.2, 0.25) is 0 Å². The van der Waals surface area contributed by atoms with Crippen molar-refractivity contribution in [1.29, 1.82) is 0 Å². The molecule has 36 heavy (non-hydrogen) atoms. The van der Waals surface area contributed by atoms with Gasteiger partial charge in [-0.05, 0) is 37.7 Å². The Morgan fingerprint density at radius 1 is 1.17 bits per heavy atom. The molecule has 0 radical (unpaired) electrons. The molecule has 2 aliphatic heterocycles. The smallest absolute Gasteiger partial charge is 0.409 e. The van der Waals surface area contributed by atoms with Gasteiger partial charge in [0.05, 0.1) is 24.9 Å². The minimum atomic E-state index is -0.517. The fourth-order valence-corrected chi connectivity index (χ4v) is 5.96. The number of likely N-dealkylation sites (tertiary alicyclic amines) is 1. The molecule has 1 saturated heterocycles. The van der Waals surface area contributed by atoms with E-state index in [-0.39, 0.29) is 18.4 Å². The topological polar surface area (TPSA) is 120 Å². The Hall–Kier alpha value is -3.15. The van der Waals surface area contributed by atoms with Crippen molar-refractivity contribution in [3.8, 4) is 0 Å². The number of likely N-dealkylation sites (N-methyl/N-ethyl adjacent to an activating group) is 1. The molecule has 12 heteroatoms. The van der Waals surface area contributed by atoms with E-state index in [2.05, 4.69) is 25.5 Å². The van der Waals surface area contributed by atoms with E-state index in [0.717, 1.165) is 41.0 Å². The molecule has 1 aromatic carbocycles. The summed E-state index contributed by atoms with van der Waals surface area (Å²) in [7, 11) is 3.36. The first-order valence-electron chi connectivity index (χ1n) is 11.7. The summed E-state index contributed by atoms with van der Waals surface area (Å²) in [5, 5.41) is 7.85. The number of halogens is 1. The molecule has 5 rings (SSSR count). The SMILES string of the molecule is COC(=O)N1CC[C@H](NC(=O)c2cc3cc(Cl)ccc3[nH]2)[C@H](NC(=O)c2nc3c(s2)CN(C)CC3)C1. The molecule has 0 bridgehead atoms. The van der Waals surface area contributed by atoms with E-state index < -0.39 is 18.2 Å². The highest BCUT2D eigenvalue weighted by atomic mass is 35.5. The van der Waals surface area contributed by atoms with E-state index in [1.165, 1.54) is 23.3 Å². The molecule has 0 aliphatic carbocycles. The van der Waals surface area contributed by atoms with Crippen molar-refractivity contribution in [2.45, 2.75) is 31.5 Å². The molecule has 0 unspecified atom stereocenters. The summed E-state index contributed by atoms with van der Waals surface area (Å²) < 4.78 is 4.88. The zero-order valence-electron chi connectivity index (χ0n) is 20.0. The third-order valence-corrected chi connectivity index (χ3v) is 7.94. The predicted octanol–water partition coefficient (Wildman–Crippen LogP) is 2.63. The Labute approximate surface area is 216 Å². The van der Waals surface area contributed by atoms with Crippen LogP contribution < -0.4 is 10.6 Å². The fraction of sp³-hybridized carbons (Fsp3) is 0.417. The molecule has 2 aliphatic rings. The molecule has 4 heterocycles. The maximum absolute atomic E-state index is 13.2. The lowest BCUT2D eigenvalue weighted by atomic mass is 9.99. The van der Waals surface area contributed by atoms with Gasteiger partial charge in [-0.25, -0.2) is 9.78 Å². The van der Waals surface area contributed by atoms with Gasteiger partial charge in [-0.1, -0.05) is 11.6 Å². The lowest BCUT2D eigenvalue weighted by Gasteiger charge is -2.38. The van der Waals surface area contributed by atoms with Crippen LogP contribution in [0.25, 0.3) is 10.9 Å². The molecule has 3 N–H and O–H groups in total. The van der Waals surface area contributed by atoms with E-state index >= 15 is 0 Å². The number of thiazole rings is 1. The number of rotatable bonds is 4. The van der Waals surface area contributed by atoms with E-state index in [1.54, 1.807) is 18.2 Å². The number of piperidine rings is 1. The Balaban J connectivity index is 1.33. The van der Waals surface area contributed by atoms with Crippen molar-refractivity contribution in [1.82, 2.24) is 30.4 Å². The third kappa shape index (κ3) is 5.04. The van der Waals surface area contributed by atoms with Crippen molar-refractivity contribution in [3.05, 3.63) is 50.6 Å². The zero-order chi connectivity index (χ0) is 25.4. The normalized spacial score (nSPS) is 20.1. The molecule has 0 saturated carbocycles. The second-order valence-electron chi connectivity index (χ2n) is 9.16. The van der Waals surface area contributed by atoms with Crippen LogP contribution in [0, 0.1) is 0 Å². The van der Waals surface area contributed by atoms with Crippen molar-refractivity contribution >= 4 is 51.7 Å². The van der Waals surface area contributed by atoms with Crippen LogP contribution in [0.4, 0.5) is 4.79 Å². The van der Waals surface area contributed by atoms with Crippen LogP contribution in [-0.4, -0.2) is 83.6 Å². The van der Waals surface area contributed by atoms with Gasteiger partial charge in [0.25, 0.3) is 11.8 Å². The van der Waals surface area contributed by atoms with E-state index in [1.807, 2.05) is 13.1 Å². The Morgan fingerprint density at radius 2 is 1.97 bits per heavy atom. The molecule has 1 fully saturated rings. The summed E-state index contributed by atoms with van der Waals surface area (Å²) in [4.78, 5) is 50.9. The lowest BCUT2D eigenvalue weighted by Crippen LogP contribution is -2.61. The number of aromatic amines is 1. The number of nitrogens with zero attached hydrogens (tertiary/aromatic N) is 3. The van der Waals surface area contributed by atoms with Gasteiger partial charge < -0.3 is 30.2 Å². The first kappa shape index (κ1) is 24.5. The Morgan fingerprint density at radius 3 is 2.78 bits per heavy atom. The number of aromatic nitrogens is 2. The number of carbonyl (C=O) groups is 3. The zero-order valence-corrected chi connectivity index (χ0v) is 21.5. The average Bonchev–Trinajstić information content (AvgIpc) is 3.48. The van der Waals surface area contributed by atoms with Crippen LogP contribution in [0.15, 0.2) is 24.3 Å². The Bertz CT molecular complexity index is 1320. The van der Waals surface area contributed by atoms with Gasteiger partial charge in [-0.2, -0.15) is 0 Å². The number of methoxy groups -OCH3 is 1. The van der Waals surface area contributed by atoms with Gasteiger partial charge in [-0.15, -0.1) is 11.3 Å². The van der Waals surface area contributed by atoms with Crippen molar-refractivity contribution < 1.29 is 19.1 Å². The number of fused-ring (bicyclic) bond motifs is 2. The summed E-state index contributed by atoms with van der Waals surface area (Å²) in [5.41, 5.74) is 2.16. The van der Waals surface area contributed by atoms with Crippen LogP contribution in [-0.2, 0) is 17.7 Å². The van der Waals surface area contributed by atoms with Gasteiger partial charge >= 0.3 is 6.09 Å². The van der Waals surface area contributed by atoms with Crippen LogP contribution in [0.3, 0.4) is 0 Å². The first-order chi connectivity index (χ1) is 17.3. The molecular weight excluding hydrogens is 504 g/mol. The number of H-pyrrole nitrogens is 1. The number of ether oxygens (including phenoxy) is 1. The highest BCUT2D eigenvalue weighted by Gasteiger charge is 2.35. The number of amides is 3. The van der Waals surface area contributed by atoms with Crippen LogP contribution in [0.5, 0.6) is 0 Å². The number of nitrogens with one attached hydrogen (secondary N) is 3. The van der Waals surface area contributed by atoms with Crippen LogP contribution >= 0.6 is 22.9 Å². The van der Waals surface area contributed by atoms with Gasteiger partial charge in [-0.3, -0.25) is 9.59 Å². The number of benzene rings is 1. The van der Waals surface area contributed by atoms with Crippen molar-refractivity contribution in [2.75, 3.05) is 33.8 Å². The number of hydrogen-bond acceptors (Lipinski definition) is 7. The maximum Gasteiger partial charge on any atom is 0.409 e. The second-order valence-corrected chi connectivity index (χ2v) is 10.7. The van der Waals surface area contributed by atoms with Crippen molar-refractivity contribution in [2.24, 2.45) is 0 Å². The molecular formula is C24H27ClN6O4S. The van der Waals surface area contributed by atoms with E-state index in [4.69, 9.17) is 16.3 Å². The van der Waals surface area contributed by atoms with Crippen LogP contribution in [0.1, 0.15) is 37.3 Å². The number of hydrogen-bond donors (Lipinski definition) is 3. The summed E-state index contributed by atoms with van der Waals surface area (Å²) in [6.07, 6.45) is 0.792. The minimum absolute atomic E-state index is 0.208. The fourth-order valence-electron chi connectivity index (χ4n) is 4.69. The largest absolute Gasteiger partial charge is 0.453 e. The molecule has 0 spiro atoms. The molecule has 3 aromatic rings. The quantitative estimate of drug-likeness (QED) is 0.477. The molecule has 3 amide bonds. The molecule has 2 atom stereocenters. The minimum Gasteiger partial charge on any atom is -0.453 e. The maximum atomic E-state index is 13.2. The molecule has 190 valence electrons. The van der Waals surface area contributed by atoms with Crippen molar-refractivity contribution in [3.63, 3.8) is 0 Å². The van der Waals surface area contributed by atoms with Gasteiger partial charge in [0, 0.05) is 53.4 Å². The predicted molar refractivity (Wildman–Crippen MR) is 137 cm³/mol. The summed E-state index contributed by atoms with van der Waals surface area (Å²) in [5.74, 6) is -0.612. The van der Waals surface area contributed by atoms with E-state index in [9.17, 15) is 14.4 Å². The van der Waals surface area contributed by atoms with Crippen LogP contribution in [0.2, 0.25) is 5.02 Å². The summed E-state index contributed by atoms with van der Waals surface area (Å²) in [6.45, 7) is 2.28. The molecule has 2 aromatic heterocycles. The Kier molecular flexibility index (Phi) is 6.87.